The van der Waals surface area contributed by atoms with Gasteiger partial charge in [-0.25, -0.2) is 0 Å². The largest absolute Gasteiger partial charge is 0.369 e. The molecule has 0 unspecified atom stereocenters. The van der Waals surface area contributed by atoms with Crippen LogP contribution in [-0.4, -0.2) is 97.0 Å². The van der Waals surface area contributed by atoms with E-state index in [0.29, 0.717) is 5.56 Å². The molecule has 5 rings (SSSR count). The van der Waals surface area contributed by atoms with E-state index in [9.17, 15) is 14.4 Å². The van der Waals surface area contributed by atoms with Gasteiger partial charge in [-0.2, -0.15) is 0 Å². The Morgan fingerprint density at radius 1 is 1.14 bits per heavy atom. The summed E-state index contributed by atoms with van der Waals surface area (Å²) in [4.78, 5) is 48.6. The number of Topliss-reactive ketones (excluding diaryl/α,β-unsaturated/α-hetero) is 1. The van der Waals surface area contributed by atoms with Crippen LogP contribution < -0.4 is 10.2 Å². The van der Waals surface area contributed by atoms with Gasteiger partial charge in [0.25, 0.3) is 5.91 Å². The topological polar surface area (TPSA) is 131 Å². The lowest BCUT2D eigenvalue weighted by molar-refractivity contribution is -0.140. The molecule has 3 heterocycles. The predicted octanol–water partition coefficient (Wildman–Crippen LogP) is 1.97. The molecule has 37 heavy (non-hydrogen) atoms. The molecule has 4 fully saturated rings. The Morgan fingerprint density at radius 3 is 2.41 bits per heavy atom. The molecule has 4 aliphatic rings. The number of ether oxygens (including phenoxy) is 1. The number of nitrogens with one attached hydrogen (secondary N) is 1. The summed E-state index contributed by atoms with van der Waals surface area (Å²) in [6.45, 7) is 9.63. The molecule has 3 aliphatic heterocycles. The molecule has 0 radical (unpaired) electrons. The molecule has 198 valence electrons. The number of rotatable bonds is 6. The zero-order chi connectivity index (χ0) is 26.3. The lowest BCUT2D eigenvalue weighted by atomic mass is 9.85. The summed E-state index contributed by atoms with van der Waals surface area (Å²) in [5, 5.41) is 6.65. The number of anilines is 1. The van der Waals surface area contributed by atoms with Crippen LogP contribution in [0.25, 0.3) is 10.4 Å². The molecule has 0 aromatic heterocycles. The number of azide groups is 1. The zero-order valence-electron chi connectivity index (χ0n) is 21.7. The van der Waals surface area contributed by atoms with Gasteiger partial charge in [-0.1, -0.05) is 25.9 Å². The highest BCUT2D eigenvalue weighted by Crippen LogP contribution is 2.33. The summed E-state index contributed by atoms with van der Waals surface area (Å²) in [5.41, 5.74) is 9.84. The Morgan fingerprint density at radius 2 is 1.81 bits per heavy atom. The van der Waals surface area contributed by atoms with Gasteiger partial charge in [0.1, 0.15) is 18.7 Å². The van der Waals surface area contributed by atoms with E-state index in [1.807, 2.05) is 32.9 Å². The summed E-state index contributed by atoms with van der Waals surface area (Å²) >= 11 is 0. The van der Waals surface area contributed by atoms with E-state index in [0.717, 1.165) is 37.9 Å². The molecule has 11 heteroatoms. The number of ketones is 1. The molecular weight excluding hydrogens is 474 g/mol. The van der Waals surface area contributed by atoms with E-state index in [4.69, 9.17) is 10.3 Å². The number of piperazine rings is 1. The first kappa shape index (κ1) is 25.5. The number of hydrogen-bond acceptors (Lipinski definition) is 7. The van der Waals surface area contributed by atoms with Crippen molar-refractivity contribution in [2.75, 3.05) is 44.2 Å². The Kier molecular flexibility index (Phi) is 6.87. The standard InChI is InChI=1S/C26H35N7O4/c1-26(2,3)23(25(36)33-14-19(29-30-27)22-21(33)20(34)15-37-22)28-24(35)16-4-6-17(7-5-16)31-10-12-32(13-11-31)18-8-9-18/h4-7,18-19,21-23H,8-15H2,1-3H3,(H,28,35)/t19-,21-,22-,23-/m1/s1. The van der Waals surface area contributed by atoms with Gasteiger partial charge in [0.05, 0.1) is 12.1 Å². The normalized spacial score (nSPS) is 27.0. The molecule has 3 saturated heterocycles. The highest BCUT2D eigenvalue weighted by molar-refractivity contribution is 5.99. The van der Waals surface area contributed by atoms with Gasteiger partial charge in [-0.05, 0) is 48.1 Å². The average Bonchev–Trinajstić information content (AvgIpc) is 3.57. The van der Waals surface area contributed by atoms with E-state index >= 15 is 0 Å². The van der Waals surface area contributed by atoms with Crippen molar-refractivity contribution in [3.63, 3.8) is 0 Å². The SMILES string of the molecule is CC(C)(C)[C@H](NC(=O)c1ccc(N2CCN(C3CC3)CC2)cc1)C(=O)N1C[C@@H](N=[N+]=[N-])[C@H]2OCC(=O)[C@H]21. The monoisotopic (exact) mass is 509 g/mol. The first-order valence-electron chi connectivity index (χ1n) is 13.1. The van der Waals surface area contributed by atoms with Crippen molar-refractivity contribution in [3.8, 4) is 0 Å². The quantitative estimate of drug-likeness (QED) is 0.354. The fourth-order valence-corrected chi connectivity index (χ4v) is 5.66. The van der Waals surface area contributed by atoms with Crippen LogP contribution in [0.5, 0.6) is 0 Å². The van der Waals surface area contributed by atoms with Crippen molar-refractivity contribution in [1.82, 2.24) is 15.1 Å². The van der Waals surface area contributed by atoms with Crippen molar-refractivity contribution in [2.24, 2.45) is 10.5 Å². The molecule has 4 atom stereocenters. The van der Waals surface area contributed by atoms with Crippen molar-refractivity contribution in [1.29, 1.82) is 0 Å². The number of hydrogen-bond donors (Lipinski definition) is 1. The fourth-order valence-electron chi connectivity index (χ4n) is 5.66. The third-order valence-corrected chi connectivity index (χ3v) is 7.90. The second-order valence-corrected chi connectivity index (χ2v) is 11.5. The van der Waals surface area contributed by atoms with Gasteiger partial charge in [0.2, 0.25) is 5.91 Å². The lowest BCUT2D eigenvalue weighted by Gasteiger charge is -2.36. The summed E-state index contributed by atoms with van der Waals surface area (Å²) in [6, 6.07) is 5.96. The molecule has 1 aromatic rings. The fraction of sp³-hybridized carbons (Fsp3) is 0.654. The number of carbonyl (C=O) groups is 3. The number of likely N-dealkylation sites (tertiary alicyclic amines) is 1. The minimum atomic E-state index is -0.881. The molecule has 2 amide bonds. The van der Waals surface area contributed by atoms with Crippen molar-refractivity contribution in [3.05, 3.63) is 40.3 Å². The summed E-state index contributed by atoms with van der Waals surface area (Å²) in [7, 11) is 0. The number of carbonyl (C=O) groups excluding carboxylic acids is 3. The molecule has 1 aromatic carbocycles. The number of benzene rings is 1. The van der Waals surface area contributed by atoms with E-state index in [-0.39, 0.29) is 30.7 Å². The Balaban J connectivity index is 1.27. The Hall–Kier alpha value is -3.14. The third kappa shape index (κ3) is 5.16. The van der Waals surface area contributed by atoms with Crippen LogP contribution in [0.2, 0.25) is 0 Å². The van der Waals surface area contributed by atoms with Gasteiger partial charge in [-0.15, -0.1) is 0 Å². The maximum absolute atomic E-state index is 13.7. The summed E-state index contributed by atoms with van der Waals surface area (Å²) < 4.78 is 5.53. The minimum absolute atomic E-state index is 0.0785. The van der Waals surface area contributed by atoms with Crippen LogP contribution in [0.3, 0.4) is 0 Å². The smallest absolute Gasteiger partial charge is 0.251 e. The van der Waals surface area contributed by atoms with Gasteiger partial charge in [0, 0.05) is 54.9 Å². The van der Waals surface area contributed by atoms with Gasteiger partial charge >= 0.3 is 0 Å². The molecule has 1 saturated carbocycles. The zero-order valence-corrected chi connectivity index (χ0v) is 21.7. The molecule has 1 aliphatic carbocycles. The number of amides is 2. The number of nitrogens with zero attached hydrogens (tertiary/aromatic N) is 6. The number of fused-ring (bicyclic) bond motifs is 1. The average molecular weight is 510 g/mol. The van der Waals surface area contributed by atoms with E-state index in [1.165, 1.54) is 17.7 Å². The lowest BCUT2D eigenvalue weighted by Crippen LogP contribution is -2.57. The highest BCUT2D eigenvalue weighted by Gasteiger charge is 2.54. The highest BCUT2D eigenvalue weighted by atomic mass is 16.5. The molecule has 11 nitrogen and oxygen atoms in total. The molecule has 1 N–H and O–H groups in total. The van der Waals surface area contributed by atoms with Crippen molar-refractivity contribution in [2.45, 2.75) is 63.9 Å². The van der Waals surface area contributed by atoms with Gasteiger partial charge in [0.15, 0.2) is 5.78 Å². The first-order valence-corrected chi connectivity index (χ1v) is 13.1. The van der Waals surface area contributed by atoms with Crippen LogP contribution in [0.1, 0.15) is 44.0 Å². The van der Waals surface area contributed by atoms with Gasteiger partial charge in [-0.3, -0.25) is 19.3 Å². The maximum atomic E-state index is 13.7. The minimum Gasteiger partial charge on any atom is -0.369 e. The van der Waals surface area contributed by atoms with Crippen LogP contribution in [0.15, 0.2) is 29.4 Å². The second kappa shape index (κ2) is 9.96. The van der Waals surface area contributed by atoms with Crippen molar-refractivity contribution < 1.29 is 19.1 Å². The summed E-state index contributed by atoms with van der Waals surface area (Å²) in [5.74, 6) is -0.952. The molecule has 0 spiro atoms. The van der Waals surface area contributed by atoms with Crippen LogP contribution in [0.4, 0.5) is 5.69 Å². The van der Waals surface area contributed by atoms with E-state index < -0.39 is 29.6 Å². The van der Waals surface area contributed by atoms with Gasteiger partial charge < -0.3 is 19.9 Å². The van der Waals surface area contributed by atoms with Crippen LogP contribution in [0, 0.1) is 5.41 Å². The van der Waals surface area contributed by atoms with Crippen LogP contribution in [-0.2, 0) is 14.3 Å². The molecular formula is C26H35N7O4. The maximum Gasteiger partial charge on any atom is 0.251 e. The molecule has 0 bridgehead atoms. The second-order valence-electron chi connectivity index (χ2n) is 11.5. The van der Waals surface area contributed by atoms with Crippen molar-refractivity contribution >= 4 is 23.3 Å². The van der Waals surface area contributed by atoms with Crippen LogP contribution >= 0.6 is 0 Å². The predicted molar refractivity (Wildman–Crippen MR) is 137 cm³/mol. The van der Waals surface area contributed by atoms with E-state index in [1.54, 1.807) is 12.1 Å². The Bertz CT molecular complexity index is 1100. The first-order chi connectivity index (χ1) is 17.7. The van der Waals surface area contributed by atoms with E-state index in [2.05, 4.69) is 25.1 Å². The summed E-state index contributed by atoms with van der Waals surface area (Å²) in [6.07, 6.45) is 1.99. The third-order valence-electron chi connectivity index (χ3n) is 7.90. The Labute approximate surface area is 216 Å².